The van der Waals surface area contributed by atoms with Gasteiger partial charge in [-0.3, -0.25) is 4.40 Å². The van der Waals surface area contributed by atoms with Crippen molar-refractivity contribution in [1.82, 2.24) is 14.1 Å². The van der Waals surface area contributed by atoms with E-state index < -0.39 is 10.0 Å². The summed E-state index contributed by atoms with van der Waals surface area (Å²) in [6.07, 6.45) is 3.26. The Morgan fingerprint density at radius 2 is 2.05 bits per heavy atom. The maximum absolute atomic E-state index is 12.2. The first-order chi connectivity index (χ1) is 9.56. The Morgan fingerprint density at radius 3 is 2.80 bits per heavy atom. The third kappa shape index (κ3) is 2.40. The first-order valence-corrected chi connectivity index (χ1v) is 8.17. The second-order valence-electron chi connectivity index (χ2n) is 4.23. The van der Waals surface area contributed by atoms with E-state index in [9.17, 15) is 8.42 Å². The van der Waals surface area contributed by atoms with E-state index in [-0.39, 0.29) is 11.6 Å². The molecule has 8 heteroatoms. The second kappa shape index (κ2) is 4.89. The van der Waals surface area contributed by atoms with E-state index in [1.807, 2.05) is 5.38 Å². The number of fused-ring (bicyclic) bond motifs is 1. The Labute approximate surface area is 119 Å². The molecule has 0 saturated carbocycles. The number of nitrogens with zero attached hydrogens (tertiary/aromatic N) is 2. The molecule has 0 amide bonds. The third-order valence-corrected chi connectivity index (χ3v) is 5.17. The van der Waals surface area contributed by atoms with Gasteiger partial charge in [0.1, 0.15) is 11.2 Å². The number of hydrogen-bond acceptors (Lipinski definition) is 5. The average molecular weight is 308 g/mol. The van der Waals surface area contributed by atoms with Gasteiger partial charge in [-0.2, -0.15) is 0 Å². The van der Waals surface area contributed by atoms with Crippen LogP contribution in [0, 0.1) is 0 Å². The summed E-state index contributed by atoms with van der Waals surface area (Å²) in [6, 6.07) is 7.03. The van der Waals surface area contributed by atoms with E-state index in [4.69, 9.17) is 5.73 Å². The van der Waals surface area contributed by atoms with E-state index in [0.717, 1.165) is 5.56 Å². The molecule has 20 heavy (non-hydrogen) atoms. The lowest BCUT2D eigenvalue weighted by atomic mass is 10.2. The van der Waals surface area contributed by atoms with Gasteiger partial charge in [0, 0.05) is 23.8 Å². The monoisotopic (exact) mass is 308 g/mol. The second-order valence-corrected chi connectivity index (χ2v) is 6.81. The molecular weight excluding hydrogens is 296 g/mol. The summed E-state index contributed by atoms with van der Waals surface area (Å²) < 4.78 is 28.7. The quantitative estimate of drug-likeness (QED) is 0.714. The number of benzene rings is 1. The molecule has 0 unspecified atom stereocenters. The summed E-state index contributed by atoms with van der Waals surface area (Å²) in [6.45, 7) is 0.201. The molecule has 0 aliphatic carbocycles. The molecule has 0 aliphatic rings. The minimum Gasteiger partial charge on any atom is -0.399 e. The van der Waals surface area contributed by atoms with E-state index in [1.54, 1.807) is 34.9 Å². The number of thiazole rings is 1. The van der Waals surface area contributed by atoms with Crippen molar-refractivity contribution in [2.75, 3.05) is 5.73 Å². The van der Waals surface area contributed by atoms with Crippen molar-refractivity contribution in [2.24, 2.45) is 0 Å². The number of nitrogen functional groups attached to an aromatic ring is 1. The van der Waals surface area contributed by atoms with Crippen molar-refractivity contribution in [3.63, 3.8) is 0 Å². The lowest BCUT2D eigenvalue weighted by Crippen LogP contribution is -2.23. The average Bonchev–Trinajstić information content (AvgIpc) is 3.00. The standard InChI is InChI=1S/C12H12N4O2S2/c13-10-3-1-9(2-4-10)7-15-20(17,18)11-12-16(8-14-11)5-6-19-12/h1-6,8,15H,7,13H2. The number of nitrogens with two attached hydrogens (primary N) is 1. The molecule has 6 nitrogen and oxygen atoms in total. The van der Waals surface area contributed by atoms with Gasteiger partial charge in [-0.15, -0.1) is 11.3 Å². The van der Waals surface area contributed by atoms with Crippen LogP contribution >= 0.6 is 11.3 Å². The Hall–Kier alpha value is -1.90. The van der Waals surface area contributed by atoms with Crippen LogP contribution in [0.1, 0.15) is 5.56 Å². The normalized spacial score (nSPS) is 12.0. The Kier molecular flexibility index (Phi) is 3.20. The largest absolute Gasteiger partial charge is 0.399 e. The van der Waals surface area contributed by atoms with Gasteiger partial charge in [0.05, 0.1) is 0 Å². The molecule has 0 bridgehead atoms. The fourth-order valence-corrected chi connectivity index (χ4v) is 3.97. The molecule has 0 saturated heterocycles. The molecule has 0 atom stereocenters. The predicted molar refractivity (Wildman–Crippen MR) is 77.9 cm³/mol. The Morgan fingerprint density at radius 1 is 1.30 bits per heavy atom. The molecule has 3 aromatic rings. The summed E-state index contributed by atoms with van der Waals surface area (Å²) >= 11 is 1.34. The first-order valence-electron chi connectivity index (χ1n) is 5.80. The number of nitrogens with one attached hydrogen (secondary N) is 1. The van der Waals surface area contributed by atoms with Crippen molar-refractivity contribution >= 4 is 31.9 Å². The van der Waals surface area contributed by atoms with E-state index in [2.05, 4.69) is 9.71 Å². The fraction of sp³-hybridized carbons (Fsp3) is 0.0833. The van der Waals surface area contributed by atoms with Crippen LogP contribution < -0.4 is 10.5 Å². The van der Waals surface area contributed by atoms with E-state index >= 15 is 0 Å². The van der Waals surface area contributed by atoms with Gasteiger partial charge in [-0.1, -0.05) is 12.1 Å². The van der Waals surface area contributed by atoms with Gasteiger partial charge in [0.2, 0.25) is 5.03 Å². The van der Waals surface area contributed by atoms with Gasteiger partial charge in [0.15, 0.2) is 0 Å². The number of anilines is 1. The van der Waals surface area contributed by atoms with Crippen molar-refractivity contribution < 1.29 is 8.42 Å². The molecule has 0 spiro atoms. The van der Waals surface area contributed by atoms with Crippen molar-refractivity contribution in [2.45, 2.75) is 11.6 Å². The number of imidazole rings is 1. The Bertz CT molecular complexity index is 834. The fourth-order valence-electron chi connectivity index (χ4n) is 1.78. The van der Waals surface area contributed by atoms with Crippen molar-refractivity contribution in [3.05, 3.63) is 47.7 Å². The van der Waals surface area contributed by atoms with Gasteiger partial charge >= 0.3 is 0 Å². The highest BCUT2D eigenvalue weighted by Crippen LogP contribution is 2.20. The molecule has 0 aliphatic heterocycles. The van der Waals surface area contributed by atoms with Crippen LogP contribution in [0.2, 0.25) is 0 Å². The van der Waals surface area contributed by atoms with Gasteiger partial charge < -0.3 is 5.73 Å². The third-order valence-electron chi connectivity index (χ3n) is 2.82. The zero-order chi connectivity index (χ0) is 14.2. The summed E-state index contributed by atoms with van der Waals surface area (Å²) in [7, 11) is -3.62. The molecule has 3 N–H and O–H groups in total. The van der Waals surface area contributed by atoms with Crippen LogP contribution in [0.15, 0.2) is 47.2 Å². The molecule has 3 rings (SSSR count). The molecule has 0 fully saturated rings. The summed E-state index contributed by atoms with van der Waals surface area (Å²) in [4.78, 5) is 4.56. The van der Waals surface area contributed by atoms with Crippen LogP contribution in [0.25, 0.3) is 4.83 Å². The Balaban J connectivity index is 1.82. The zero-order valence-corrected chi connectivity index (χ0v) is 12.0. The zero-order valence-electron chi connectivity index (χ0n) is 10.4. The first kappa shape index (κ1) is 13.1. The number of aromatic nitrogens is 2. The van der Waals surface area contributed by atoms with Crippen LogP contribution in [-0.2, 0) is 16.6 Å². The molecule has 2 heterocycles. The van der Waals surface area contributed by atoms with Crippen LogP contribution in [0.3, 0.4) is 0 Å². The van der Waals surface area contributed by atoms with Crippen LogP contribution in [-0.4, -0.2) is 17.8 Å². The SMILES string of the molecule is Nc1ccc(CNS(=O)(=O)c2ncn3ccsc23)cc1. The lowest BCUT2D eigenvalue weighted by molar-refractivity contribution is 0.579. The molecule has 104 valence electrons. The van der Waals surface area contributed by atoms with Gasteiger partial charge in [-0.05, 0) is 17.7 Å². The highest BCUT2D eigenvalue weighted by Gasteiger charge is 2.20. The summed E-state index contributed by atoms with van der Waals surface area (Å²) in [5.41, 5.74) is 7.07. The summed E-state index contributed by atoms with van der Waals surface area (Å²) in [5, 5.41) is 1.87. The van der Waals surface area contributed by atoms with Crippen molar-refractivity contribution in [1.29, 1.82) is 0 Å². The summed E-state index contributed by atoms with van der Waals surface area (Å²) in [5.74, 6) is 0. The van der Waals surface area contributed by atoms with Gasteiger partial charge in [-0.25, -0.2) is 18.1 Å². The van der Waals surface area contributed by atoms with E-state index in [1.165, 1.54) is 17.7 Å². The number of rotatable bonds is 4. The maximum atomic E-state index is 12.2. The molecule has 0 radical (unpaired) electrons. The highest BCUT2D eigenvalue weighted by atomic mass is 32.2. The minimum absolute atomic E-state index is 0.0583. The lowest BCUT2D eigenvalue weighted by Gasteiger charge is -2.05. The molecule has 2 aromatic heterocycles. The van der Waals surface area contributed by atoms with Crippen LogP contribution in [0.5, 0.6) is 0 Å². The topological polar surface area (TPSA) is 89.5 Å². The predicted octanol–water partition coefficient (Wildman–Crippen LogP) is 1.46. The van der Waals surface area contributed by atoms with E-state index in [0.29, 0.717) is 10.5 Å². The smallest absolute Gasteiger partial charge is 0.261 e. The van der Waals surface area contributed by atoms with Crippen molar-refractivity contribution in [3.8, 4) is 0 Å². The van der Waals surface area contributed by atoms with Gasteiger partial charge in [0.25, 0.3) is 10.0 Å². The van der Waals surface area contributed by atoms with Crippen LogP contribution in [0.4, 0.5) is 5.69 Å². The number of sulfonamides is 1. The maximum Gasteiger partial charge on any atom is 0.261 e. The highest BCUT2D eigenvalue weighted by molar-refractivity contribution is 7.89. The molecule has 1 aromatic carbocycles. The number of hydrogen-bond donors (Lipinski definition) is 2. The molecular formula is C12H12N4O2S2. The minimum atomic E-state index is -3.62.